The van der Waals surface area contributed by atoms with Crippen molar-refractivity contribution in [3.8, 4) is 0 Å². The second kappa shape index (κ2) is 13.7. The van der Waals surface area contributed by atoms with Crippen molar-refractivity contribution >= 4 is 23.8 Å². The van der Waals surface area contributed by atoms with Crippen molar-refractivity contribution < 1.29 is 28.7 Å². The second-order valence-corrected chi connectivity index (χ2v) is 9.92. The molecule has 2 amide bonds. The molecule has 1 aromatic carbocycles. The molecule has 8 nitrogen and oxygen atoms in total. The number of Topliss-reactive ketones (excluding diaryl/α,β-unsaturated/α-hetero) is 1. The van der Waals surface area contributed by atoms with Crippen molar-refractivity contribution in [1.82, 2.24) is 10.6 Å². The monoisotopic (exact) mass is 476 g/mol. The van der Waals surface area contributed by atoms with E-state index in [9.17, 15) is 19.2 Å². The maximum atomic E-state index is 12.5. The summed E-state index contributed by atoms with van der Waals surface area (Å²) >= 11 is 0. The molecule has 0 aliphatic heterocycles. The molecule has 1 aromatic rings. The Kier molecular flexibility index (Phi) is 11.8. The molecule has 0 aliphatic carbocycles. The number of hydrogen-bond acceptors (Lipinski definition) is 6. The summed E-state index contributed by atoms with van der Waals surface area (Å²) in [6, 6.07) is 6.70. The summed E-state index contributed by atoms with van der Waals surface area (Å²) in [5.41, 5.74) is 1.07. The first kappa shape index (κ1) is 29.1. The summed E-state index contributed by atoms with van der Waals surface area (Å²) < 4.78 is 10.4. The van der Waals surface area contributed by atoms with Crippen LogP contribution in [0.1, 0.15) is 72.4 Å². The normalized spacial score (nSPS) is 13.1. The molecule has 8 heteroatoms. The number of carbonyl (C=O) groups excluding carboxylic acids is 4. The van der Waals surface area contributed by atoms with Gasteiger partial charge < -0.3 is 20.1 Å². The molecular formula is C26H40N2O6. The van der Waals surface area contributed by atoms with Gasteiger partial charge in [-0.05, 0) is 51.2 Å². The van der Waals surface area contributed by atoms with E-state index in [1.807, 2.05) is 45.0 Å². The predicted octanol–water partition coefficient (Wildman–Crippen LogP) is 3.94. The summed E-state index contributed by atoms with van der Waals surface area (Å²) in [7, 11) is 0. The van der Waals surface area contributed by atoms with Crippen molar-refractivity contribution in [3.63, 3.8) is 0 Å². The van der Waals surface area contributed by atoms with Gasteiger partial charge in [0, 0.05) is 25.3 Å². The third kappa shape index (κ3) is 11.8. The molecule has 0 saturated heterocycles. The molecule has 0 spiro atoms. The Hall–Kier alpha value is -2.90. The zero-order valence-corrected chi connectivity index (χ0v) is 21.5. The van der Waals surface area contributed by atoms with Crippen LogP contribution < -0.4 is 10.6 Å². The highest BCUT2D eigenvalue weighted by molar-refractivity contribution is 5.90. The SMILES string of the molecule is CC(C)C(C)C(=O)N[C@@H](C)C(=O)Cc1ccc(COC(=O)CCCNC(=O)OC(C)(C)C)cc1. The number of nitrogens with one attached hydrogen (secondary N) is 2. The molecule has 0 saturated carbocycles. The zero-order chi connectivity index (χ0) is 25.9. The van der Waals surface area contributed by atoms with E-state index in [-0.39, 0.29) is 48.9 Å². The van der Waals surface area contributed by atoms with Gasteiger partial charge in [0.15, 0.2) is 5.78 Å². The van der Waals surface area contributed by atoms with Gasteiger partial charge in [0.25, 0.3) is 0 Å². The fourth-order valence-electron chi connectivity index (χ4n) is 2.81. The summed E-state index contributed by atoms with van der Waals surface area (Å²) in [5, 5.41) is 5.38. The predicted molar refractivity (Wildman–Crippen MR) is 130 cm³/mol. The molecule has 1 unspecified atom stereocenters. The lowest BCUT2D eigenvalue weighted by Crippen LogP contribution is -2.42. The number of alkyl carbamates (subject to hydrolysis) is 1. The molecule has 190 valence electrons. The van der Waals surface area contributed by atoms with Crippen LogP contribution in [0.25, 0.3) is 0 Å². The summed E-state index contributed by atoms with van der Waals surface area (Å²) in [4.78, 5) is 48.1. The van der Waals surface area contributed by atoms with Gasteiger partial charge in [-0.3, -0.25) is 14.4 Å². The van der Waals surface area contributed by atoms with E-state index in [2.05, 4.69) is 10.6 Å². The quantitative estimate of drug-likeness (QED) is 0.349. The number of benzene rings is 1. The van der Waals surface area contributed by atoms with E-state index < -0.39 is 17.7 Å². The minimum atomic E-state index is -0.563. The van der Waals surface area contributed by atoms with Gasteiger partial charge in [-0.25, -0.2) is 4.79 Å². The zero-order valence-electron chi connectivity index (χ0n) is 21.5. The Morgan fingerprint density at radius 1 is 0.941 bits per heavy atom. The molecule has 0 heterocycles. The Balaban J connectivity index is 2.35. The lowest BCUT2D eigenvalue weighted by Gasteiger charge is -2.19. The van der Waals surface area contributed by atoms with E-state index in [1.165, 1.54) is 0 Å². The minimum absolute atomic E-state index is 0.0662. The minimum Gasteiger partial charge on any atom is -0.461 e. The first-order valence-corrected chi connectivity index (χ1v) is 11.8. The molecule has 2 N–H and O–H groups in total. The van der Waals surface area contributed by atoms with Gasteiger partial charge in [0.2, 0.25) is 5.91 Å². The van der Waals surface area contributed by atoms with Crippen LogP contribution in [0.2, 0.25) is 0 Å². The number of carbonyl (C=O) groups is 4. The molecule has 0 bridgehead atoms. The van der Waals surface area contributed by atoms with Gasteiger partial charge in [-0.1, -0.05) is 45.0 Å². The summed E-state index contributed by atoms with van der Waals surface area (Å²) in [5.74, 6) is -0.487. The van der Waals surface area contributed by atoms with Crippen molar-refractivity contribution in [2.45, 2.75) is 86.0 Å². The van der Waals surface area contributed by atoms with Crippen molar-refractivity contribution in [1.29, 1.82) is 0 Å². The van der Waals surface area contributed by atoms with Crippen LogP contribution in [0.5, 0.6) is 0 Å². The molecule has 0 aromatic heterocycles. The number of amides is 2. The molecule has 0 fully saturated rings. The van der Waals surface area contributed by atoms with Crippen LogP contribution >= 0.6 is 0 Å². The van der Waals surface area contributed by atoms with Gasteiger partial charge >= 0.3 is 12.1 Å². The third-order valence-corrected chi connectivity index (χ3v) is 5.28. The fraction of sp³-hybridized carbons (Fsp3) is 0.615. The van der Waals surface area contributed by atoms with Crippen LogP contribution in [0.3, 0.4) is 0 Å². The number of hydrogen-bond donors (Lipinski definition) is 2. The van der Waals surface area contributed by atoms with Gasteiger partial charge in [-0.2, -0.15) is 0 Å². The van der Waals surface area contributed by atoms with Crippen LogP contribution in [0, 0.1) is 11.8 Å². The highest BCUT2D eigenvalue weighted by atomic mass is 16.6. The number of rotatable bonds is 12. The topological polar surface area (TPSA) is 111 Å². The van der Waals surface area contributed by atoms with Gasteiger partial charge in [0.05, 0.1) is 6.04 Å². The highest BCUT2D eigenvalue weighted by Gasteiger charge is 2.21. The molecule has 0 aliphatic rings. The highest BCUT2D eigenvalue weighted by Crippen LogP contribution is 2.12. The maximum Gasteiger partial charge on any atom is 0.407 e. The molecule has 34 heavy (non-hydrogen) atoms. The van der Waals surface area contributed by atoms with E-state index in [0.717, 1.165) is 11.1 Å². The first-order valence-electron chi connectivity index (χ1n) is 11.8. The van der Waals surface area contributed by atoms with E-state index in [0.29, 0.717) is 13.0 Å². The largest absolute Gasteiger partial charge is 0.461 e. The molecule has 1 rings (SSSR count). The Bertz CT molecular complexity index is 827. The van der Waals surface area contributed by atoms with Gasteiger partial charge in [-0.15, -0.1) is 0 Å². The summed E-state index contributed by atoms with van der Waals surface area (Å²) in [6.07, 6.45) is 0.328. The Morgan fingerprint density at radius 3 is 2.09 bits per heavy atom. The Morgan fingerprint density at radius 2 is 1.53 bits per heavy atom. The number of ketones is 1. The van der Waals surface area contributed by atoms with Gasteiger partial charge in [0.1, 0.15) is 12.2 Å². The van der Waals surface area contributed by atoms with Crippen molar-refractivity contribution in [2.75, 3.05) is 6.54 Å². The average molecular weight is 477 g/mol. The lowest BCUT2D eigenvalue weighted by atomic mass is 9.96. The van der Waals surface area contributed by atoms with Crippen LogP contribution in [-0.2, 0) is 36.9 Å². The van der Waals surface area contributed by atoms with Crippen molar-refractivity contribution in [3.05, 3.63) is 35.4 Å². The van der Waals surface area contributed by atoms with Crippen LogP contribution in [0.4, 0.5) is 4.79 Å². The van der Waals surface area contributed by atoms with Crippen LogP contribution in [-0.4, -0.2) is 41.9 Å². The fourth-order valence-corrected chi connectivity index (χ4v) is 2.81. The standard InChI is InChI=1S/C26H40N2O6/c1-17(2)18(3)24(31)28-19(4)22(29)15-20-10-12-21(13-11-20)16-33-23(30)9-8-14-27-25(32)34-26(5,6)7/h10-13,17-19H,8-9,14-16H2,1-7H3,(H,27,32)(H,28,31)/t18?,19-/m0/s1. The maximum absolute atomic E-state index is 12.5. The van der Waals surface area contributed by atoms with Crippen LogP contribution in [0.15, 0.2) is 24.3 Å². The second-order valence-electron chi connectivity index (χ2n) is 9.92. The third-order valence-electron chi connectivity index (χ3n) is 5.28. The summed E-state index contributed by atoms with van der Waals surface area (Å²) in [6.45, 7) is 13.3. The molecule has 2 atom stereocenters. The van der Waals surface area contributed by atoms with E-state index in [4.69, 9.17) is 9.47 Å². The van der Waals surface area contributed by atoms with Crippen molar-refractivity contribution in [2.24, 2.45) is 11.8 Å². The smallest absolute Gasteiger partial charge is 0.407 e. The lowest BCUT2D eigenvalue weighted by molar-refractivity contribution is -0.145. The number of esters is 1. The average Bonchev–Trinajstić information content (AvgIpc) is 2.74. The first-order chi connectivity index (χ1) is 15.8. The molecule has 0 radical (unpaired) electrons. The molecular weight excluding hydrogens is 436 g/mol. The van der Waals surface area contributed by atoms with E-state index >= 15 is 0 Å². The number of ether oxygens (including phenoxy) is 2. The van der Waals surface area contributed by atoms with E-state index in [1.54, 1.807) is 27.7 Å². The Labute approximate surface area is 203 Å².